The van der Waals surface area contributed by atoms with E-state index in [-0.39, 0.29) is 5.54 Å². The number of alkyl halides is 1. The van der Waals surface area contributed by atoms with Gasteiger partial charge >= 0.3 is 0 Å². The van der Waals surface area contributed by atoms with Gasteiger partial charge in [-0.3, -0.25) is 0 Å². The lowest BCUT2D eigenvalue weighted by atomic mass is 9.84. The first kappa shape index (κ1) is 9.20. The van der Waals surface area contributed by atoms with Crippen LogP contribution in [0.15, 0.2) is 4.99 Å². The third-order valence-electron chi connectivity index (χ3n) is 2.37. The Morgan fingerprint density at radius 3 is 2.91 bits per heavy atom. The zero-order valence-corrected chi connectivity index (χ0v) is 8.80. The van der Waals surface area contributed by atoms with E-state index in [9.17, 15) is 4.79 Å². The van der Waals surface area contributed by atoms with Crippen LogP contribution in [0.25, 0.3) is 0 Å². The quantitative estimate of drug-likeness (QED) is 0.310. The Morgan fingerprint density at radius 2 is 2.36 bits per heavy atom. The zero-order chi connectivity index (χ0) is 8.32. The topological polar surface area (TPSA) is 29.4 Å². The van der Waals surface area contributed by atoms with Crippen molar-refractivity contribution in [2.45, 2.75) is 42.1 Å². The van der Waals surface area contributed by atoms with E-state index in [4.69, 9.17) is 0 Å². The Kier molecular flexibility index (Phi) is 3.07. The second-order valence-corrected chi connectivity index (χ2v) is 4.78. The number of hydrogen-bond donors (Lipinski definition) is 0. The molecule has 0 spiro atoms. The summed E-state index contributed by atoms with van der Waals surface area (Å²) in [6.07, 6.45) is 6.37. The molecular weight excluding hydrogens is 253 g/mol. The van der Waals surface area contributed by atoms with Crippen molar-refractivity contribution in [3.8, 4) is 0 Å². The van der Waals surface area contributed by atoms with Crippen molar-refractivity contribution >= 4 is 28.7 Å². The predicted octanol–water partition coefficient (Wildman–Crippen LogP) is 2.46. The van der Waals surface area contributed by atoms with Crippen LogP contribution in [0.5, 0.6) is 0 Å². The van der Waals surface area contributed by atoms with Gasteiger partial charge in [0.2, 0.25) is 6.08 Å². The van der Waals surface area contributed by atoms with Crippen LogP contribution in [-0.2, 0) is 4.79 Å². The van der Waals surface area contributed by atoms with Crippen LogP contribution in [-0.4, -0.2) is 15.5 Å². The van der Waals surface area contributed by atoms with Crippen LogP contribution in [0.3, 0.4) is 0 Å². The maximum atomic E-state index is 10.1. The fourth-order valence-corrected chi connectivity index (χ4v) is 2.40. The molecule has 62 valence electrons. The molecule has 1 rings (SSSR count). The highest BCUT2D eigenvalue weighted by atomic mass is 127. The summed E-state index contributed by atoms with van der Waals surface area (Å²) in [6, 6.07) is 0. The lowest BCUT2D eigenvalue weighted by molar-refractivity contribution is 0.345. The molecule has 1 aliphatic rings. The van der Waals surface area contributed by atoms with Crippen molar-refractivity contribution < 1.29 is 4.79 Å². The fourth-order valence-electron chi connectivity index (χ4n) is 1.50. The summed E-state index contributed by atoms with van der Waals surface area (Å²) in [4.78, 5) is 14.0. The Hall–Kier alpha value is 0.110. The highest BCUT2D eigenvalue weighted by molar-refractivity contribution is 14.1. The third-order valence-corrected chi connectivity index (χ3v) is 4.33. The number of nitrogens with zero attached hydrogens (tertiary/aromatic N) is 1. The van der Waals surface area contributed by atoms with Crippen molar-refractivity contribution in [2.75, 3.05) is 0 Å². The molecule has 0 aliphatic heterocycles. The van der Waals surface area contributed by atoms with Gasteiger partial charge in [0.1, 0.15) is 0 Å². The van der Waals surface area contributed by atoms with E-state index in [0.717, 1.165) is 6.42 Å². The molecule has 0 radical (unpaired) electrons. The minimum absolute atomic E-state index is 0.124. The second kappa shape index (κ2) is 3.68. The van der Waals surface area contributed by atoms with Crippen molar-refractivity contribution in [1.29, 1.82) is 0 Å². The van der Waals surface area contributed by atoms with Gasteiger partial charge in [0, 0.05) is 3.92 Å². The summed E-state index contributed by atoms with van der Waals surface area (Å²) >= 11 is 2.39. The molecule has 0 heterocycles. The molecule has 2 atom stereocenters. The molecule has 0 aromatic heterocycles. The summed E-state index contributed by atoms with van der Waals surface area (Å²) in [5, 5.41) is 0. The van der Waals surface area contributed by atoms with E-state index in [0.29, 0.717) is 3.92 Å². The number of aliphatic imine (C=N–C) groups is 1. The molecule has 2 nitrogen and oxygen atoms in total. The molecule has 11 heavy (non-hydrogen) atoms. The van der Waals surface area contributed by atoms with Gasteiger partial charge in [-0.15, -0.1) is 0 Å². The average Bonchev–Trinajstić information content (AvgIpc) is 1.96. The summed E-state index contributed by atoms with van der Waals surface area (Å²) in [5.41, 5.74) is -0.124. The Balaban J connectivity index is 2.72. The van der Waals surface area contributed by atoms with Gasteiger partial charge in [-0.05, 0) is 19.8 Å². The Labute approximate surface area is 80.6 Å². The minimum atomic E-state index is -0.124. The van der Waals surface area contributed by atoms with Crippen molar-refractivity contribution in [3.05, 3.63) is 0 Å². The maximum absolute atomic E-state index is 10.1. The molecule has 0 unspecified atom stereocenters. The molecule has 0 amide bonds. The van der Waals surface area contributed by atoms with Crippen LogP contribution >= 0.6 is 22.6 Å². The summed E-state index contributed by atoms with van der Waals surface area (Å²) in [5.74, 6) is 0. The van der Waals surface area contributed by atoms with Crippen LogP contribution in [0, 0.1) is 0 Å². The van der Waals surface area contributed by atoms with E-state index in [1.807, 2.05) is 6.92 Å². The lowest BCUT2D eigenvalue weighted by Gasteiger charge is -2.33. The van der Waals surface area contributed by atoms with Crippen LogP contribution in [0.2, 0.25) is 0 Å². The van der Waals surface area contributed by atoms with Gasteiger partial charge in [0.25, 0.3) is 0 Å². The molecule has 0 saturated heterocycles. The van der Waals surface area contributed by atoms with Crippen molar-refractivity contribution in [2.24, 2.45) is 4.99 Å². The molecule has 0 aromatic rings. The third kappa shape index (κ3) is 2.03. The first-order valence-electron chi connectivity index (χ1n) is 3.92. The zero-order valence-electron chi connectivity index (χ0n) is 6.64. The summed E-state index contributed by atoms with van der Waals surface area (Å²) in [6.45, 7) is 2.05. The summed E-state index contributed by atoms with van der Waals surface area (Å²) in [7, 11) is 0. The number of rotatable bonds is 1. The van der Waals surface area contributed by atoms with Gasteiger partial charge in [-0.1, -0.05) is 35.4 Å². The van der Waals surface area contributed by atoms with Gasteiger partial charge < -0.3 is 0 Å². The first-order valence-corrected chi connectivity index (χ1v) is 5.17. The fraction of sp³-hybridized carbons (Fsp3) is 0.875. The monoisotopic (exact) mass is 265 g/mol. The standard InChI is InChI=1S/C8H12INO/c1-8(10-6-11)5-3-2-4-7(8)9/h7H,2-5H2,1H3/t7-,8-/m0/s1. The van der Waals surface area contributed by atoms with Gasteiger partial charge in [-0.25, -0.2) is 4.79 Å². The summed E-state index contributed by atoms with van der Waals surface area (Å²) < 4.78 is 0.510. The van der Waals surface area contributed by atoms with E-state index in [2.05, 4.69) is 27.6 Å². The Morgan fingerprint density at radius 1 is 1.64 bits per heavy atom. The molecule has 1 fully saturated rings. The van der Waals surface area contributed by atoms with Crippen molar-refractivity contribution in [3.63, 3.8) is 0 Å². The predicted molar refractivity (Wildman–Crippen MR) is 52.8 cm³/mol. The maximum Gasteiger partial charge on any atom is 0.235 e. The van der Waals surface area contributed by atoms with Crippen molar-refractivity contribution in [1.82, 2.24) is 0 Å². The van der Waals surface area contributed by atoms with Crippen LogP contribution in [0.1, 0.15) is 32.6 Å². The number of carbonyl (C=O) groups excluding carboxylic acids is 1. The molecule has 0 aromatic carbocycles. The van der Waals surface area contributed by atoms with Gasteiger partial charge in [-0.2, -0.15) is 4.99 Å². The Bertz CT molecular complexity index is 189. The lowest BCUT2D eigenvalue weighted by Crippen LogP contribution is -2.36. The smallest absolute Gasteiger partial charge is 0.211 e. The molecule has 1 aliphatic carbocycles. The van der Waals surface area contributed by atoms with E-state index >= 15 is 0 Å². The molecule has 0 N–H and O–H groups in total. The second-order valence-electron chi connectivity index (χ2n) is 3.27. The van der Waals surface area contributed by atoms with E-state index < -0.39 is 0 Å². The molecule has 0 bridgehead atoms. The number of isocyanates is 1. The molecule has 3 heteroatoms. The first-order chi connectivity index (χ1) is 5.19. The number of halogens is 1. The highest BCUT2D eigenvalue weighted by Crippen LogP contribution is 2.36. The SMILES string of the molecule is C[C@]1(N=C=O)CCCC[C@@H]1I. The average molecular weight is 265 g/mol. The van der Waals surface area contributed by atoms with Crippen LogP contribution in [0.4, 0.5) is 0 Å². The minimum Gasteiger partial charge on any atom is -0.211 e. The van der Waals surface area contributed by atoms with Gasteiger partial charge in [0.05, 0.1) is 5.54 Å². The number of hydrogen-bond acceptors (Lipinski definition) is 2. The van der Waals surface area contributed by atoms with Gasteiger partial charge in [0.15, 0.2) is 0 Å². The van der Waals surface area contributed by atoms with Crippen LogP contribution < -0.4 is 0 Å². The molecule has 1 saturated carbocycles. The normalized spacial score (nSPS) is 37.8. The largest absolute Gasteiger partial charge is 0.235 e. The molecular formula is C8H12INO. The van der Waals surface area contributed by atoms with E-state index in [1.165, 1.54) is 19.3 Å². The van der Waals surface area contributed by atoms with E-state index in [1.54, 1.807) is 6.08 Å². The highest BCUT2D eigenvalue weighted by Gasteiger charge is 2.34.